The lowest BCUT2D eigenvalue weighted by Gasteiger charge is -2.16. The summed E-state index contributed by atoms with van der Waals surface area (Å²) >= 11 is 2.08. The van der Waals surface area contributed by atoms with Crippen molar-refractivity contribution in [2.75, 3.05) is 23.9 Å². The summed E-state index contributed by atoms with van der Waals surface area (Å²) in [6.45, 7) is 2.23. The van der Waals surface area contributed by atoms with Gasteiger partial charge in [0.15, 0.2) is 0 Å². The topological polar surface area (TPSA) is 47.3 Å². The van der Waals surface area contributed by atoms with Crippen molar-refractivity contribution in [2.45, 2.75) is 37.5 Å². The Morgan fingerprint density at radius 3 is 3.00 bits per heavy atom. The number of benzene rings is 1. The summed E-state index contributed by atoms with van der Waals surface area (Å²) in [5.41, 5.74) is 7.61. The van der Waals surface area contributed by atoms with Gasteiger partial charge < -0.3 is 15.8 Å². The third-order valence-electron chi connectivity index (χ3n) is 3.39. The summed E-state index contributed by atoms with van der Waals surface area (Å²) in [5, 5.41) is 4.40. The minimum Gasteiger partial charge on any atom is -0.495 e. The van der Waals surface area contributed by atoms with Gasteiger partial charge in [-0.2, -0.15) is 11.8 Å². The standard InChI is InChI=1S/C14H22N2OS/c1-3-18-12-6-4-10(8-12)16-11-5-7-13(15)14(9-11)17-2/h5,7,9-10,12,16H,3-4,6,8,15H2,1-2H3. The van der Waals surface area contributed by atoms with Gasteiger partial charge in [0.05, 0.1) is 12.8 Å². The molecule has 0 aliphatic heterocycles. The maximum Gasteiger partial charge on any atom is 0.143 e. The Morgan fingerprint density at radius 1 is 1.44 bits per heavy atom. The van der Waals surface area contributed by atoms with Gasteiger partial charge in [0.2, 0.25) is 0 Å². The average Bonchev–Trinajstić information content (AvgIpc) is 2.80. The number of nitrogen functional groups attached to an aromatic ring is 1. The molecule has 0 bridgehead atoms. The molecule has 0 aromatic heterocycles. The summed E-state index contributed by atoms with van der Waals surface area (Å²) in [4.78, 5) is 0. The van der Waals surface area contributed by atoms with E-state index in [-0.39, 0.29) is 0 Å². The van der Waals surface area contributed by atoms with Gasteiger partial charge in [-0.3, -0.25) is 0 Å². The number of hydrogen-bond acceptors (Lipinski definition) is 4. The van der Waals surface area contributed by atoms with Gasteiger partial charge in [-0.05, 0) is 37.1 Å². The van der Waals surface area contributed by atoms with E-state index >= 15 is 0 Å². The fourth-order valence-electron chi connectivity index (χ4n) is 2.49. The lowest BCUT2D eigenvalue weighted by Crippen LogP contribution is -2.16. The molecule has 3 N–H and O–H groups in total. The second-order valence-corrected chi connectivity index (χ2v) is 6.27. The van der Waals surface area contributed by atoms with Crippen LogP contribution in [0.4, 0.5) is 11.4 Å². The Balaban J connectivity index is 1.94. The van der Waals surface area contributed by atoms with Crippen LogP contribution in [0.5, 0.6) is 5.75 Å². The van der Waals surface area contributed by atoms with Gasteiger partial charge in [-0.25, -0.2) is 0 Å². The molecule has 0 heterocycles. The molecular weight excluding hydrogens is 244 g/mol. The molecule has 1 saturated carbocycles. The molecule has 2 atom stereocenters. The molecule has 1 aromatic rings. The highest BCUT2D eigenvalue weighted by molar-refractivity contribution is 7.99. The third kappa shape index (κ3) is 3.25. The van der Waals surface area contributed by atoms with E-state index in [4.69, 9.17) is 10.5 Å². The predicted octanol–water partition coefficient (Wildman–Crippen LogP) is 3.36. The molecule has 2 rings (SSSR count). The van der Waals surface area contributed by atoms with Crippen LogP contribution in [0.2, 0.25) is 0 Å². The number of methoxy groups -OCH3 is 1. The van der Waals surface area contributed by atoms with E-state index in [1.165, 1.54) is 25.0 Å². The molecule has 2 unspecified atom stereocenters. The number of thioether (sulfide) groups is 1. The summed E-state index contributed by atoms with van der Waals surface area (Å²) in [6.07, 6.45) is 3.83. The first-order chi connectivity index (χ1) is 8.72. The summed E-state index contributed by atoms with van der Waals surface area (Å²) < 4.78 is 5.24. The zero-order chi connectivity index (χ0) is 13.0. The number of rotatable bonds is 5. The van der Waals surface area contributed by atoms with Gasteiger partial charge >= 0.3 is 0 Å². The zero-order valence-corrected chi connectivity index (χ0v) is 11.9. The lowest BCUT2D eigenvalue weighted by molar-refractivity contribution is 0.417. The smallest absolute Gasteiger partial charge is 0.143 e. The van der Waals surface area contributed by atoms with Crippen LogP contribution < -0.4 is 15.8 Å². The Bertz CT molecular complexity index is 397. The number of hydrogen-bond donors (Lipinski definition) is 2. The Kier molecular flexibility index (Phi) is 4.64. The molecule has 4 heteroatoms. The largest absolute Gasteiger partial charge is 0.495 e. The van der Waals surface area contributed by atoms with Gasteiger partial charge in [-0.15, -0.1) is 0 Å². The van der Waals surface area contributed by atoms with Crippen molar-refractivity contribution in [3.05, 3.63) is 18.2 Å². The highest BCUT2D eigenvalue weighted by Gasteiger charge is 2.24. The molecule has 18 heavy (non-hydrogen) atoms. The number of nitrogens with one attached hydrogen (secondary N) is 1. The SMILES string of the molecule is CCSC1CCC(Nc2ccc(N)c(OC)c2)C1. The summed E-state index contributed by atoms with van der Waals surface area (Å²) in [6, 6.07) is 6.49. The maximum atomic E-state index is 5.81. The normalized spacial score (nSPS) is 23.0. The van der Waals surface area contributed by atoms with E-state index in [9.17, 15) is 0 Å². The summed E-state index contributed by atoms with van der Waals surface area (Å²) in [5.74, 6) is 1.96. The number of nitrogens with two attached hydrogens (primary N) is 1. The third-order valence-corrected chi connectivity index (χ3v) is 4.62. The second-order valence-electron chi connectivity index (χ2n) is 4.69. The quantitative estimate of drug-likeness (QED) is 0.802. The first kappa shape index (κ1) is 13.4. The zero-order valence-electron chi connectivity index (χ0n) is 11.1. The van der Waals surface area contributed by atoms with Crippen LogP contribution >= 0.6 is 11.8 Å². The number of anilines is 2. The van der Waals surface area contributed by atoms with Gasteiger partial charge in [0.25, 0.3) is 0 Å². The van der Waals surface area contributed by atoms with Crippen molar-refractivity contribution in [2.24, 2.45) is 0 Å². The summed E-state index contributed by atoms with van der Waals surface area (Å²) in [7, 11) is 1.65. The predicted molar refractivity (Wildman–Crippen MR) is 80.6 cm³/mol. The monoisotopic (exact) mass is 266 g/mol. The molecule has 3 nitrogen and oxygen atoms in total. The fourth-order valence-corrected chi connectivity index (χ4v) is 3.64. The van der Waals surface area contributed by atoms with E-state index in [2.05, 4.69) is 24.0 Å². The van der Waals surface area contributed by atoms with E-state index in [0.717, 1.165) is 16.7 Å². The lowest BCUT2D eigenvalue weighted by atomic mass is 10.2. The first-order valence-electron chi connectivity index (χ1n) is 6.54. The van der Waals surface area contributed by atoms with Crippen molar-refractivity contribution < 1.29 is 4.74 Å². The maximum absolute atomic E-state index is 5.81. The van der Waals surface area contributed by atoms with Gasteiger partial charge in [-0.1, -0.05) is 6.92 Å². The molecule has 0 spiro atoms. The Hall–Kier alpha value is -1.03. The minimum absolute atomic E-state index is 0.586. The van der Waals surface area contributed by atoms with Crippen LogP contribution in [0.1, 0.15) is 26.2 Å². The van der Waals surface area contributed by atoms with Crippen LogP contribution in [0.3, 0.4) is 0 Å². The first-order valence-corrected chi connectivity index (χ1v) is 7.59. The highest BCUT2D eigenvalue weighted by atomic mass is 32.2. The van der Waals surface area contributed by atoms with E-state index in [0.29, 0.717) is 11.7 Å². The molecule has 1 aliphatic rings. The highest BCUT2D eigenvalue weighted by Crippen LogP contribution is 2.32. The van der Waals surface area contributed by atoms with Crippen molar-refractivity contribution in [3.8, 4) is 5.75 Å². The van der Waals surface area contributed by atoms with Crippen molar-refractivity contribution in [3.63, 3.8) is 0 Å². The molecule has 0 amide bonds. The molecule has 1 fully saturated rings. The van der Waals surface area contributed by atoms with E-state index < -0.39 is 0 Å². The Morgan fingerprint density at radius 2 is 2.28 bits per heavy atom. The second kappa shape index (κ2) is 6.23. The Labute approximate surface area is 113 Å². The van der Waals surface area contributed by atoms with E-state index in [1.54, 1.807) is 7.11 Å². The van der Waals surface area contributed by atoms with Crippen LogP contribution in [0, 0.1) is 0 Å². The van der Waals surface area contributed by atoms with Gasteiger partial charge in [0.1, 0.15) is 5.75 Å². The van der Waals surface area contributed by atoms with Crippen LogP contribution in [0.15, 0.2) is 18.2 Å². The van der Waals surface area contributed by atoms with Crippen molar-refractivity contribution in [1.82, 2.24) is 0 Å². The van der Waals surface area contributed by atoms with Crippen LogP contribution in [0.25, 0.3) is 0 Å². The molecule has 1 aromatic carbocycles. The van der Waals surface area contributed by atoms with E-state index in [1.807, 2.05) is 18.2 Å². The van der Waals surface area contributed by atoms with Crippen LogP contribution in [-0.2, 0) is 0 Å². The molecule has 0 saturated heterocycles. The average molecular weight is 266 g/mol. The molecule has 100 valence electrons. The molecule has 1 aliphatic carbocycles. The minimum atomic E-state index is 0.586. The van der Waals surface area contributed by atoms with Crippen molar-refractivity contribution in [1.29, 1.82) is 0 Å². The fraction of sp³-hybridized carbons (Fsp3) is 0.571. The molecular formula is C14H22N2OS. The van der Waals surface area contributed by atoms with Gasteiger partial charge in [0, 0.05) is 23.0 Å². The number of ether oxygens (including phenoxy) is 1. The van der Waals surface area contributed by atoms with Crippen LogP contribution in [-0.4, -0.2) is 24.2 Å². The molecule has 0 radical (unpaired) electrons. The van der Waals surface area contributed by atoms with Crippen molar-refractivity contribution >= 4 is 23.1 Å².